The van der Waals surface area contributed by atoms with E-state index in [1.54, 1.807) is 6.07 Å². The molecule has 3 heterocycles. The predicted octanol–water partition coefficient (Wildman–Crippen LogP) is 2.71. The van der Waals surface area contributed by atoms with Crippen molar-refractivity contribution in [3.63, 3.8) is 0 Å². The Bertz CT molecular complexity index is 562. The number of hydrogen-bond acceptors (Lipinski definition) is 6. The molecule has 2 atom stereocenters. The lowest BCUT2D eigenvalue weighted by Gasteiger charge is -2.37. The van der Waals surface area contributed by atoms with E-state index in [9.17, 15) is 10.1 Å². The molecule has 0 aromatic carbocycles. The Morgan fingerprint density at radius 2 is 1.92 bits per heavy atom. The van der Waals surface area contributed by atoms with E-state index in [-0.39, 0.29) is 5.69 Å². The number of nitro groups is 1. The molecule has 2 fully saturated rings. The largest absolute Gasteiger partial charge is 0.373 e. The summed E-state index contributed by atoms with van der Waals surface area (Å²) in [4.78, 5) is 19.3. The van der Waals surface area contributed by atoms with Crippen LogP contribution in [0.4, 0.5) is 11.5 Å². The van der Waals surface area contributed by atoms with E-state index >= 15 is 0 Å². The summed E-state index contributed by atoms with van der Waals surface area (Å²) in [5, 5.41) is 10.7. The normalized spacial score (nSPS) is 25.9. The number of piperidine rings is 1. The highest BCUT2D eigenvalue weighted by Crippen LogP contribution is 2.25. The van der Waals surface area contributed by atoms with Crippen molar-refractivity contribution in [2.24, 2.45) is 5.92 Å². The molecule has 0 spiro atoms. The fourth-order valence-electron chi connectivity index (χ4n) is 3.96. The van der Waals surface area contributed by atoms with Crippen molar-refractivity contribution in [2.75, 3.05) is 37.6 Å². The lowest BCUT2D eigenvalue weighted by atomic mass is 9.93. The highest BCUT2D eigenvalue weighted by Gasteiger charge is 2.25. The van der Waals surface area contributed by atoms with E-state index in [2.05, 4.69) is 28.6 Å². The van der Waals surface area contributed by atoms with Crippen LogP contribution in [0, 0.1) is 16.0 Å². The SMILES string of the molecule is CC1CN(CCC2CCN(c3ccc([N+](=O)[O-])cn3)CC2)CC(C)O1. The first-order valence-corrected chi connectivity index (χ1v) is 9.24. The number of nitrogens with zero attached hydrogens (tertiary/aromatic N) is 4. The number of ether oxygens (including phenoxy) is 1. The summed E-state index contributed by atoms with van der Waals surface area (Å²) in [5.74, 6) is 1.60. The van der Waals surface area contributed by atoms with Crippen LogP contribution in [0.15, 0.2) is 18.3 Å². The van der Waals surface area contributed by atoms with E-state index in [0.717, 1.165) is 57.3 Å². The molecule has 0 saturated carbocycles. The van der Waals surface area contributed by atoms with Gasteiger partial charge in [-0.1, -0.05) is 0 Å². The van der Waals surface area contributed by atoms with Crippen LogP contribution in [-0.2, 0) is 4.74 Å². The molecule has 138 valence electrons. The molecule has 2 saturated heterocycles. The molecule has 0 aliphatic carbocycles. The van der Waals surface area contributed by atoms with E-state index in [0.29, 0.717) is 12.2 Å². The topological polar surface area (TPSA) is 71.7 Å². The van der Waals surface area contributed by atoms with Gasteiger partial charge >= 0.3 is 0 Å². The number of rotatable bonds is 5. The van der Waals surface area contributed by atoms with Gasteiger partial charge in [0.1, 0.15) is 12.0 Å². The van der Waals surface area contributed by atoms with E-state index < -0.39 is 4.92 Å². The Morgan fingerprint density at radius 3 is 2.48 bits per heavy atom. The average molecular weight is 348 g/mol. The summed E-state index contributed by atoms with van der Waals surface area (Å²) in [6.07, 6.45) is 5.57. The zero-order valence-corrected chi connectivity index (χ0v) is 15.1. The van der Waals surface area contributed by atoms with Crippen molar-refractivity contribution >= 4 is 11.5 Å². The van der Waals surface area contributed by atoms with Crippen molar-refractivity contribution in [3.05, 3.63) is 28.4 Å². The molecule has 0 amide bonds. The minimum absolute atomic E-state index is 0.0487. The minimum atomic E-state index is -0.406. The number of anilines is 1. The Balaban J connectivity index is 1.43. The van der Waals surface area contributed by atoms with Gasteiger partial charge in [-0.15, -0.1) is 0 Å². The van der Waals surface area contributed by atoms with Crippen molar-refractivity contribution < 1.29 is 9.66 Å². The van der Waals surface area contributed by atoms with Crippen molar-refractivity contribution in [1.82, 2.24) is 9.88 Å². The first-order valence-electron chi connectivity index (χ1n) is 9.24. The van der Waals surface area contributed by atoms with Gasteiger partial charge < -0.3 is 9.64 Å². The first kappa shape index (κ1) is 18.1. The standard InChI is InChI=1S/C18H28N4O3/c1-14-12-20(13-15(2)25-14)8-5-16-6-9-21(10-7-16)18-4-3-17(11-19-18)22(23)24/h3-4,11,14-16H,5-10,12-13H2,1-2H3. The quantitative estimate of drug-likeness (QED) is 0.602. The van der Waals surface area contributed by atoms with E-state index in [1.165, 1.54) is 18.7 Å². The van der Waals surface area contributed by atoms with Crippen LogP contribution in [0.2, 0.25) is 0 Å². The van der Waals surface area contributed by atoms with Crippen LogP contribution in [0.25, 0.3) is 0 Å². The number of hydrogen-bond donors (Lipinski definition) is 0. The van der Waals surface area contributed by atoms with Crippen molar-refractivity contribution in [3.8, 4) is 0 Å². The van der Waals surface area contributed by atoms with E-state index in [4.69, 9.17) is 4.74 Å². The van der Waals surface area contributed by atoms with Gasteiger partial charge in [0, 0.05) is 32.2 Å². The fraction of sp³-hybridized carbons (Fsp3) is 0.722. The van der Waals surface area contributed by atoms with Gasteiger partial charge in [0.2, 0.25) is 0 Å². The monoisotopic (exact) mass is 348 g/mol. The summed E-state index contributed by atoms with van der Waals surface area (Å²) < 4.78 is 5.80. The van der Waals surface area contributed by atoms with Crippen LogP contribution in [-0.4, -0.2) is 59.7 Å². The molecule has 25 heavy (non-hydrogen) atoms. The predicted molar refractivity (Wildman–Crippen MR) is 96.9 cm³/mol. The Labute approximate surface area is 149 Å². The van der Waals surface area contributed by atoms with Gasteiger partial charge in [0.05, 0.1) is 17.1 Å². The van der Waals surface area contributed by atoms with Crippen LogP contribution < -0.4 is 4.90 Å². The third kappa shape index (κ3) is 4.89. The number of morpholine rings is 1. The molecule has 0 bridgehead atoms. The maximum atomic E-state index is 10.7. The van der Waals surface area contributed by atoms with Gasteiger partial charge in [0.25, 0.3) is 5.69 Å². The lowest BCUT2D eigenvalue weighted by molar-refractivity contribution is -0.385. The molecule has 7 heteroatoms. The molecule has 0 radical (unpaired) electrons. The molecular weight excluding hydrogens is 320 g/mol. The highest BCUT2D eigenvalue weighted by atomic mass is 16.6. The summed E-state index contributed by atoms with van der Waals surface area (Å²) in [7, 11) is 0. The summed E-state index contributed by atoms with van der Waals surface area (Å²) in [5.41, 5.74) is 0.0487. The molecule has 2 aliphatic rings. The van der Waals surface area contributed by atoms with Crippen molar-refractivity contribution in [2.45, 2.75) is 45.3 Å². The van der Waals surface area contributed by atoms with Gasteiger partial charge in [-0.25, -0.2) is 4.98 Å². The molecule has 3 rings (SSSR count). The summed E-state index contributed by atoms with van der Waals surface area (Å²) in [6.45, 7) is 9.48. The zero-order chi connectivity index (χ0) is 17.8. The Hall–Kier alpha value is -1.73. The smallest absolute Gasteiger partial charge is 0.287 e. The number of pyridine rings is 1. The molecular formula is C18H28N4O3. The molecule has 7 nitrogen and oxygen atoms in total. The number of aromatic nitrogens is 1. The summed E-state index contributed by atoms with van der Waals surface area (Å²) >= 11 is 0. The van der Waals surface area contributed by atoms with Gasteiger partial charge in [-0.2, -0.15) is 0 Å². The minimum Gasteiger partial charge on any atom is -0.373 e. The maximum absolute atomic E-state index is 10.7. The van der Waals surface area contributed by atoms with Crippen molar-refractivity contribution in [1.29, 1.82) is 0 Å². The zero-order valence-electron chi connectivity index (χ0n) is 15.1. The third-order valence-electron chi connectivity index (χ3n) is 5.23. The molecule has 0 N–H and O–H groups in total. The van der Waals surface area contributed by atoms with Gasteiger partial charge in [-0.05, 0) is 51.6 Å². The van der Waals surface area contributed by atoms with Gasteiger partial charge in [-0.3, -0.25) is 15.0 Å². The Kier molecular flexibility index (Phi) is 5.86. The molecule has 1 aromatic rings. The molecule has 1 aromatic heterocycles. The lowest BCUT2D eigenvalue weighted by Crippen LogP contribution is -2.46. The van der Waals surface area contributed by atoms with E-state index in [1.807, 2.05) is 0 Å². The van der Waals surface area contributed by atoms with Gasteiger partial charge in [0.15, 0.2) is 0 Å². The van der Waals surface area contributed by atoms with Crippen LogP contribution in [0.3, 0.4) is 0 Å². The second kappa shape index (κ2) is 8.10. The second-order valence-corrected chi connectivity index (χ2v) is 7.37. The third-order valence-corrected chi connectivity index (χ3v) is 5.23. The molecule has 2 unspecified atom stereocenters. The first-order chi connectivity index (χ1) is 12.0. The highest BCUT2D eigenvalue weighted by molar-refractivity contribution is 5.43. The van der Waals surface area contributed by atoms with Crippen LogP contribution in [0.1, 0.15) is 33.1 Å². The Morgan fingerprint density at radius 1 is 1.24 bits per heavy atom. The fourth-order valence-corrected chi connectivity index (χ4v) is 3.96. The molecule has 2 aliphatic heterocycles. The summed E-state index contributed by atoms with van der Waals surface area (Å²) in [6, 6.07) is 3.30. The maximum Gasteiger partial charge on any atom is 0.287 e. The average Bonchev–Trinajstić information content (AvgIpc) is 2.60. The second-order valence-electron chi connectivity index (χ2n) is 7.37. The van der Waals surface area contributed by atoms with Crippen LogP contribution >= 0.6 is 0 Å². The van der Waals surface area contributed by atoms with Crippen LogP contribution in [0.5, 0.6) is 0 Å².